The van der Waals surface area contributed by atoms with Gasteiger partial charge in [0, 0.05) is 26.2 Å². The molecule has 180 valence electrons. The third-order valence-electron chi connectivity index (χ3n) is 6.60. The second-order valence-corrected chi connectivity index (χ2v) is 8.96. The van der Waals surface area contributed by atoms with Gasteiger partial charge in [-0.05, 0) is 76.4 Å². The van der Waals surface area contributed by atoms with Gasteiger partial charge >= 0.3 is 0 Å². The molecule has 1 atom stereocenters. The van der Waals surface area contributed by atoms with E-state index in [2.05, 4.69) is 51.6 Å². The number of guanidine groups is 1. The van der Waals surface area contributed by atoms with Crippen molar-refractivity contribution in [3.8, 4) is 5.75 Å². The summed E-state index contributed by atoms with van der Waals surface area (Å²) in [6, 6.07) is 8.77. The number of aliphatic hydroxyl groups is 1. The summed E-state index contributed by atoms with van der Waals surface area (Å²) in [4.78, 5) is 10.0. The molecule has 3 N–H and O–H groups in total. The first-order chi connectivity index (χ1) is 15.7. The Kier molecular flexibility index (Phi) is 10.6. The van der Waals surface area contributed by atoms with Crippen LogP contribution in [0.4, 0.5) is 0 Å². The lowest BCUT2D eigenvalue weighted by molar-refractivity contribution is 0.0823. The van der Waals surface area contributed by atoms with E-state index < -0.39 is 0 Å². The van der Waals surface area contributed by atoms with E-state index in [-0.39, 0.29) is 12.1 Å². The third kappa shape index (κ3) is 7.94. The van der Waals surface area contributed by atoms with Gasteiger partial charge in [0.2, 0.25) is 0 Å². The molecular formula is C25H43N5O2. The van der Waals surface area contributed by atoms with Gasteiger partial charge in [0.05, 0.1) is 25.8 Å². The van der Waals surface area contributed by atoms with Crippen LogP contribution >= 0.6 is 0 Å². The SMILES string of the molecule is CCNC(=NCC(c1ccc(OC)cc1)N1CCCCC1)NCCCN1CCC(O)CC1. The summed E-state index contributed by atoms with van der Waals surface area (Å²) in [5.41, 5.74) is 1.31. The molecule has 0 amide bonds. The fraction of sp³-hybridized carbons (Fsp3) is 0.720. The molecule has 0 aliphatic carbocycles. The predicted octanol–water partition coefficient (Wildman–Crippen LogP) is 2.62. The van der Waals surface area contributed by atoms with Gasteiger partial charge in [-0.1, -0.05) is 18.6 Å². The van der Waals surface area contributed by atoms with Crippen molar-refractivity contribution in [2.45, 2.75) is 57.6 Å². The topological polar surface area (TPSA) is 72.4 Å². The van der Waals surface area contributed by atoms with E-state index in [1.807, 2.05) is 0 Å². The maximum Gasteiger partial charge on any atom is 0.191 e. The first kappa shape index (κ1) is 24.8. The monoisotopic (exact) mass is 445 g/mol. The maximum atomic E-state index is 9.66. The number of nitrogens with one attached hydrogen (secondary N) is 2. The minimum absolute atomic E-state index is 0.101. The van der Waals surface area contributed by atoms with Crippen molar-refractivity contribution in [1.82, 2.24) is 20.4 Å². The molecular weight excluding hydrogens is 402 g/mol. The molecule has 2 aliphatic heterocycles. The molecule has 0 aromatic heterocycles. The predicted molar refractivity (Wildman–Crippen MR) is 131 cm³/mol. The summed E-state index contributed by atoms with van der Waals surface area (Å²) >= 11 is 0. The van der Waals surface area contributed by atoms with Gasteiger partial charge in [0.15, 0.2) is 5.96 Å². The summed E-state index contributed by atoms with van der Waals surface area (Å²) in [7, 11) is 1.71. The van der Waals surface area contributed by atoms with Gasteiger partial charge in [0.1, 0.15) is 5.75 Å². The van der Waals surface area contributed by atoms with Crippen LogP contribution in [0.15, 0.2) is 29.3 Å². The quantitative estimate of drug-likeness (QED) is 0.292. The summed E-state index contributed by atoms with van der Waals surface area (Å²) < 4.78 is 5.35. The van der Waals surface area contributed by atoms with E-state index in [1.54, 1.807) is 7.11 Å². The van der Waals surface area contributed by atoms with Crippen molar-refractivity contribution in [3.05, 3.63) is 29.8 Å². The van der Waals surface area contributed by atoms with Crippen molar-refractivity contribution < 1.29 is 9.84 Å². The Morgan fingerprint density at radius 2 is 1.81 bits per heavy atom. The van der Waals surface area contributed by atoms with Crippen LogP contribution in [0.3, 0.4) is 0 Å². The number of ether oxygens (including phenoxy) is 1. The molecule has 0 saturated carbocycles. The van der Waals surface area contributed by atoms with E-state index in [0.29, 0.717) is 0 Å². The van der Waals surface area contributed by atoms with Crippen LogP contribution in [-0.2, 0) is 0 Å². The molecule has 32 heavy (non-hydrogen) atoms. The molecule has 0 spiro atoms. The Morgan fingerprint density at radius 3 is 2.47 bits per heavy atom. The number of hydrogen-bond donors (Lipinski definition) is 3. The Balaban J connectivity index is 1.55. The number of rotatable bonds is 10. The van der Waals surface area contributed by atoms with E-state index >= 15 is 0 Å². The number of aliphatic imine (C=N–C) groups is 1. The normalized spacial score (nSPS) is 20.2. The summed E-state index contributed by atoms with van der Waals surface area (Å²) in [6.07, 6.45) is 6.64. The zero-order valence-corrected chi connectivity index (χ0v) is 20.1. The average molecular weight is 446 g/mol. The first-order valence-corrected chi connectivity index (χ1v) is 12.5. The van der Waals surface area contributed by atoms with E-state index in [9.17, 15) is 5.11 Å². The highest BCUT2D eigenvalue weighted by molar-refractivity contribution is 5.79. The molecule has 2 saturated heterocycles. The van der Waals surface area contributed by atoms with Crippen molar-refractivity contribution in [1.29, 1.82) is 0 Å². The Labute approximate surface area is 194 Å². The number of nitrogens with zero attached hydrogens (tertiary/aromatic N) is 3. The lowest BCUT2D eigenvalue weighted by atomic mass is 10.0. The molecule has 1 aromatic rings. The highest BCUT2D eigenvalue weighted by Gasteiger charge is 2.22. The highest BCUT2D eigenvalue weighted by Crippen LogP contribution is 2.26. The fourth-order valence-electron chi connectivity index (χ4n) is 4.66. The van der Waals surface area contributed by atoms with Crippen LogP contribution < -0.4 is 15.4 Å². The van der Waals surface area contributed by atoms with Crippen LogP contribution in [0, 0.1) is 0 Å². The average Bonchev–Trinajstić information content (AvgIpc) is 2.84. The van der Waals surface area contributed by atoms with Crippen molar-refractivity contribution in [2.75, 3.05) is 59.5 Å². The van der Waals surface area contributed by atoms with Crippen LogP contribution in [0.5, 0.6) is 5.75 Å². The lowest BCUT2D eigenvalue weighted by Crippen LogP contribution is -2.41. The summed E-state index contributed by atoms with van der Waals surface area (Å²) in [6.45, 7) is 9.98. The van der Waals surface area contributed by atoms with E-state index in [4.69, 9.17) is 9.73 Å². The minimum Gasteiger partial charge on any atom is -0.497 e. The lowest BCUT2D eigenvalue weighted by Gasteiger charge is -2.34. The Bertz CT molecular complexity index is 667. The first-order valence-electron chi connectivity index (χ1n) is 12.5. The molecule has 1 unspecified atom stereocenters. The zero-order valence-electron chi connectivity index (χ0n) is 20.1. The zero-order chi connectivity index (χ0) is 22.6. The molecule has 2 heterocycles. The highest BCUT2D eigenvalue weighted by atomic mass is 16.5. The number of aliphatic hydroxyl groups excluding tert-OH is 1. The largest absolute Gasteiger partial charge is 0.497 e. The van der Waals surface area contributed by atoms with Crippen LogP contribution in [0.1, 0.15) is 57.1 Å². The number of piperidine rings is 2. The van der Waals surface area contributed by atoms with Gasteiger partial charge in [-0.2, -0.15) is 0 Å². The Morgan fingerprint density at radius 1 is 1.09 bits per heavy atom. The third-order valence-corrected chi connectivity index (χ3v) is 6.60. The molecule has 2 fully saturated rings. The van der Waals surface area contributed by atoms with Crippen molar-refractivity contribution in [2.24, 2.45) is 4.99 Å². The number of benzene rings is 1. The fourth-order valence-corrected chi connectivity index (χ4v) is 4.66. The van der Waals surface area contributed by atoms with Crippen LogP contribution in [0.25, 0.3) is 0 Å². The number of methoxy groups -OCH3 is 1. The summed E-state index contributed by atoms with van der Waals surface area (Å²) in [5, 5.41) is 16.6. The molecule has 2 aliphatic rings. The maximum absolute atomic E-state index is 9.66. The van der Waals surface area contributed by atoms with Gasteiger partial charge < -0.3 is 25.4 Å². The van der Waals surface area contributed by atoms with Crippen LogP contribution in [-0.4, -0.2) is 86.4 Å². The van der Waals surface area contributed by atoms with Crippen LogP contribution in [0.2, 0.25) is 0 Å². The van der Waals surface area contributed by atoms with E-state index in [0.717, 1.165) is 83.3 Å². The summed E-state index contributed by atoms with van der Waals surface area (Å²) in [5.74, 6) is 1.80. The number of likely N-dealkylation sites (tertiary alicyclic amines) is 2. The van der Waals surface area contributed by atoms with Crippen molar-refractivity contribution >= 4 is 5.96 Å². The molecule has 0 bridgehead atoms. The standard InChI is InChI=1S/C25H43N5O2/c1-3-26-25(27-14-7-15-29-18-12-22(31)13-19-29)28-20-24(30-16-5-4-6-17-30)21-8-10-23(32-2)11-9-21/h8-11,22,24,31H,3-7,12-20H2,1-2H3,(H2,26,27,28). The Hall–Kier alpha value is -1.83. The molecule has 0 radical (unpaired) electrons. The van der Waals surface area contributed by atoms with Gasteiger partial charge in [0.25, 0.3) is 0 Å². The van der Waals surface area contributed by atoms with E-state index in [1.165, 1.54) is 24.8 Å². The molecule has 1 aromatic carbocycles. The number of hydrogen-bond acceptors (Lipinski definition) is 5. The smallest absolute Gasteiger partial charge is 0.191 e. The molecule has 3 rings (SSSR count). The van der Waals surface area contributed by atoms with Gasteiger partial charge in [-0.3, -0.25) is 9.89 Å². The van der Waals surface area contributed by atoms with Gasteiger partial charge in [-0.15, -0.1) is 0 Å². The molecule has 7 nitrogen and oxygen atoms in total. The van der Waals surface area contributed by atoms with Gasteiger partial charge in [-0.25, -0.2) is 0 Å². The second-order valence-electron chi connectivity index (χ2n) is 8.96. The second kappa shape index (κ2) is 13.7. The minimum atomic E-state index is -0.101. The molecule has 7 heteroatoms. The van der Waals surface area contributed by atoms with Crippen molar-refractivity contribution in [3.63, 3.8) is 0 Å².